The van der Waals surface area contributed by atoms with E-state index >= 15 is 0 Å². The molecule has 3 aromatic rings. The first-order valence-corrected chi connectivity index (χ1v) is 14.2. The van der Waals surface area contributed by atoms with Crippen molar-refractivity contribution in [2.75, 3.05) is 17.4 Å². The van der Waals surface area contributed by atoms with E-state index in [1.807, 2.05) is 44.2 Å². The molecule has 1 atom stereocenters. The van der Waals surface area contributed by atoms with E-state index in [1.165, 1.54) is 17.0 Å². The molecule has 0 aliphatic heterocycles. The summed E-state index contributed by atoms with van der Waals surface area (Å²) >= 11 is 3.41. The number of benzene rings is 3. The first-order valence-electron chi connectivity index (χ1n) is 12.0. The molecule has 0 fully saturated rings. The quantitative estimate of drug-likeness (QED) is 0.370. The number of rotatable bonds is 10. The van der Waals surface area contributed by atoms with Gasteiger partial charge in [0.2, 0.25) is 11.8 Å². The Morgan fingerprint density at radius 3 is 2.22 bits per heavy atom. The Morgan fingerprint density at radius 2 is 1.59 bits per heavy atom. The molecule has 0 spiro atoms. The highest BCUT2D eigenvalue weighted by atomic mass is 79.9. The van der Waals surface area contributed by atoms with Gasteiger partial charge >= 0.3 is 0 Å². The molecule has 3 rings (SSSR count). The summed E-state index contributed by atoms with van der Waals surface area (Å²) in [6.45, 7) is 7.29. The van der Waals surface area contributed by atoms with Crippen molar-refractivity contribution in [3.05, 3.63) is 94.0 Å². The van der Waals surface area contributed by atoms with Crippen molar-refractivity contribution in [1.82, 2.24) is 10.2 Å². The third-order valence-corrected chi connectivity index (χ3v) is 8.54. The van der Waals surface area contributed by atoms with Crippen molar-refractivity contribution in [3.8, 4) is 0 Å². The fourth-order valence-corrected chi connectivity index (χ4v) is 5.69. The Kier molecular flexibility index (Phi) is 9.50. The van der Waals surface area contributed by atoms with Gasteiger partial charge in [-0.25, -0.2) is 8.42 Å². The van der Waals surface area contributed by atoms with Crippen molar-refractivity contribution in [3.63, 3.8) is 0 Å². The van der Waals surface area contributed by atoms with Crippen LogP contribution < -0.4 is 9.62 Å². The molecule has 0 radical (unpaired) electrons. The number of aryl methyl sites for hydroxylation is 1. The van der Waals surface area contributed by atoms with Gasteiger partial charge in [-0.3, -0.25) is 13.9 Å². The van der Waals surface area contributed by atoms with Gasteiger partial charge in [0.05, 0.1) is 10.6 Å². The molecule has 7 nitrogen and oxygen atoms in total. The lowest BCUT2D eigenvalue weighted by molar-refractivity contribution is -0.139. The lowest BCUT2D eigenvalue weighted by atomic mass is 10.1. The molecule has 1 N–H and O–H groups in total. The van der Waals surface area contributed by atoms with E-state index in [4.69, 9.17) is 0 Å². The number of halogens is 1. The number of hydrogen-bond acceptors (Lipinski definition) is 4. The van der Waals surface area contributed by atoms with Crippen LogP contribution in [-0.2, 0) is 26.2 Å². The van der Waals surface area contributed by atoms with Crippen LogP contribution >= 0.6 is 15.9 Å². The van der Waals surface area contributed by atoms with Gasteiger partial charge in [-0.15, -0.1) is 0 Å². The summed E-state index contributed by atoms with van der Waals surface area (Å²) in [5.41, 5.74) is 2.90. The Labute approximate surface area is 227 Å². The zero-order valence-corrected chi connectivity index (χ0v) is 23.8. The summed E-state index contributed by atoms with van der Waals surface area (Å²) in [5, 5.41) is 2.76. The largest absolute Gasteiger partial charge is 0.355 e. The van der Waals surface area contributed by atoms with Crippen LogP contribution in [0.3, 0.4) is 0 Å². The molecule has 0 unspecified atom stereocenters. The molecular formula is C28H32BrN3O4S. The molecule has 0 bridgehead atoms. The van der Waals surface area contributed by atoms with Gasteiger partial charge in [0.25, 0.3) is 10.0 Å². The van der Waals surface area contributed by atoms with Crippen LogP contribution in [0.2, 0.25) is 0 Å². The zero-order chi connectivity index (χ0) is 27.2. The second kappa shape index (κ2) is 12.4. The maximum absolute atomic E-state index is 13.9. The fraction of sp³-hybridized carbons (Fsp3) is 0.286. The van der Waals surface area contributed by atoms with Gasteiger partial charge in [0.15, 0.2) is 0 Å². The van der Waals surface area contributed by atoms with E-state index < -0.39 is 28.5 Å². The molecule has 3 aromatic carbocycles. The summed E-state index contributed by atoms with van der Waals surface area (Å²) in [5.74, 6) is -0.792. The Morgan fingerprint density at radius 1 is 0.946 bits per heavy atom. The highest BCUT2D eigenvalue weighted by Crippen LogP contribution is 2.29. The SMILES string of the molecule is CCNC(=O)[C@@H](C)N(Cc1ccc(Br)cc1)C(=O)CN(c1cccc(C)c1C)S(=O)(=O)c1ccccc1. The topological polar surface area (TPSA) is 86.8 Å². The molecule has 0 aromatic heterocycles. The lowest BCUT2D eigenvalue weighted by Crippen LogP contribution is -2.51. The van der Waals surface area contributed by atoms with E-state index in [-0.39, 0.29) is 17.3 Å². The number of likely N-dealkylation sites (N-methyl/N-ethyl adjacent to an activating group) is 1. The monoisotopic (exact) mass is 585 g/mol. The van der Waals surface area contributed by atoms with Gasteiger partial charge in [-0.2, -0.15) is 0 Å². The minimum Gasteiger partial charge on any atom is -0.355 e. The number of sulfonamides is 1. The third-order valence-electron chi connectivity index (χ3n) is 6.24. The van der Waals surface area contributed by atoms with Crippen molar-refractivity contribution in [2.45, 2.75) is 45.2 Å². The average Bonchev–Trinajstić information content (AvgIpc) is 2.88. The van der Waals surface area contributed by atoms with Crippen molar-refractivity contribution >= 4 is 43.5 Å². The molecule has 0 saturated heterocycles. The molecular weight excluding hydrogens is 554 g/mol. The number of anilines is 1. The van der Waals surface area contributed by atoms with E-state index in [0.29, 0.717) is 12.2 Å². The van der Waals surface area contributed by atoms with Gasteiger partial charge < -0.3 is 10.2 Å². The Balaban J connectivity index is 2.06. The first-order chi connectivity index (χ1) is 17.6. The number of carbonyl (C=O) groups is 2. The number of hydrogen-bond donors (Lipinski definition) is 1. The van der Waals surface area contributed by atoms with Gasteiger partial charge in [-0.05, 0) is 74.7 Å². The van der Waals surface area contributed by atoms with Crippen LogP contribution in [0.25, 0.3) is 0 Å². The molecule has 0 aliphatic rings. The minimum atomic E-state index is -4.08. The predicted molar refractivity (Wildman–Crippen MR) is 150 cm³/mol. The summed E-state index contributed by atoms with van der Waals surface area (Å²) in [4.78, 5) is 28.1. The summed E-state index contributed by atoms with van der Waals surface area (Å²) < 4.78 is 29.7. The van der Waals surface area contributed by atoms with Crippen LogP contribution in [0.4, 0.5) is 5.69 Å². The molecule has 0 aliphatic carbocycles. The van der Waals surface area contributed by atoms with E-state index in [0.717, 1.165) is 25.5 Å². The highest BCUT2D eigenvalue weighted by molar-refractivity contribution is 9.10. The van der Waals surface area contributed by atoms with E-state index in [2.05, 4.69) is 21.2 Å². The first kappa shape index (κ1) is 28.4. The van der Waals surface area contributed by atoms with Crippen molar-refractivity contribution in [1.29, 1.82) is 0 Å². The van der Waals surface area contributed by atoms with Crippen LogP contribution in [-0.4, -0.2) is 44.3 Å². The number of nitrogens with one attached hydrogen (secondary N) is 1. The molecule has 196 valence electrons. The lowest BCUT2D eigenvalue weighted by Gasteiger charge is -2.32. The molecule has 0 heterocycles. The average molecular weight is 587 g/mol. The number of amides is 2. The van der Waals surface area contributed by atoms with Crippen LogP contribution in [0.1, 0.15) is 30.5 Å². The summed E-state index contributed by atoms with van der Waals surface area (Å²) in [7, 11) is -4.08. The van der Waals surface area contributed by atoms with Gasteiger partial charge in [0.1, 0.15) is 12.6 Å². The summed E-state index contributed by atoms with van der Waals surface area (Å²) in [6, 6.07) is 20.0. The fourth-order valence-electron chi connectivity index (χ4n) is 3.93. The van der Waals surface area contributed by atoms with Crippen molar-refractivity contribution < 1.29 is 18.0 Å². The van der Waals surface area contributed by atoms with Crippen LogP contribution in [0.5, 0.6) is 0 Å². The molecule has 9 heteroatoms. The molecule has 2 amide bonds. The second-order valence-corrected chi connectivity index (χ2v) is 11.5. The number of nitrogens with zero attached hydrogens (tertiary/aromatic N) is 2. The molecule has 0 saturated carbocycles. The van der Waals surface area contributed by atoms with E-state index in [9.17, 15) is 18.0 Å². The zero-order valence-electron chi connectivity index (χ0n) is 21.4. The third kappa shape index (κ3) is 6.78. The Hall–Kier alpha value is -3.17. The van der Waals surface area contributed by atoms with E-state index in [1.54, 1.807) is 44.2 Å². The second-order valence-electron chi connectivity index (χ2n) is 8.76. The van der Waals surface area contributed by atoms with Crippen LogP contribution in [0.15, 0.2) is 82.2 Å². The van der Waals surface area contributed by atoms with Crippen LogP contribution in [0, 0.1) is 13.8 Å². The summed E-state index contributed by atoms with van der Waals surface area (Å²) in [6.07, 6.45) is 0. The van der Waals surface area contributed by atoms with Gasteiger partial charge in [0, 0.05) is 17.6 Å². The smallest absolute Gasteiger partial charge is 0.264 e. The minimum absolute atomic E-state index is 0.0833. The van der Waals surface area contributed by atoms with Crippen molar-refractivity contribution in [2.24, 2.45) is 0 Å². The normalized spacial score (nSPS) is 12.0. The predicted octanol–water partition coefficient (Wildman–Crippen LogP) is 4.81. The molecule has 37 heavy (non-hydrogen) atoms. The maximum atomic E-state index is 13.9. The number of carbonyl (C=O) groups excluding carboxylic acids is 2. The highest BCUT2D eigenvalue weighted by Gasteiger charge is 2.33. The standard InChI is InChI=1S/C28H32BrN3O4S/c1-5-30-28(34)22(4)31(18-23-14-16-24(29)17-15-23)27(33)19-32(26-13-9-10-20(2)21(26)3)37(35,36)25-11-7-6-8-12-25/h6-17,22H,5,18-19H2,1-4H3,(H,30,34)/t22-/m1/s1. The Bertz CT molecular complexity index is 1350. The van der Waals surface area contributed by atoms with Gasteiger partial charge in [-0.1, -0.05) is 58.4 Å². The maximum Gasteiger partial charge on any atom is 0.264 e.